The first-order chi connectivity index (χ1) is 13.8. The fourth-order valence-electron chi connectivity index (χ4n) is 3.62. The molecule has 0 bridgehead atoms. The van der Waals surface area contributed by atoms with Gasteiger partial charge in [0.15, 0.2) is 0 Å². The van der Waals surface area contributed by atoms with E-state index in [1.54, 1.807) is 6.08 Å². The summed E-state index contributed by atoms with van der Waals surface area (Å²) < 4.78 is 36.1. The van der Waals surface area contributed by atoms with Gasteiger partial charge in [-0.05, 0) is 48.6 Å². The van der Waals surface area contributed by atoms with Crippen LogP contribution in [0.2, 0.25) is 0 Å². The Morgan fingerprint density at radius 1 is 1.48 bits per heavy atom. The molecule has 2 aliphatic rings. The summed E-state index contributed by atoms with van der Waals surface area (Å²) in [5.74, 6) is -0.891. The average molecular weight is 419 g/mol. The van der Waals surface area contributed by atoms with Gasteiger partial charge in [-0.25, -0.2) is 9.18 Å². The summed E-state index contributed by atoms with van der Waals surface area (Å²) in [6, 6.07) is 4.52. The number of halogens is 1. The lowest BCUT2D eigenvalue weighted by Gasteiger charge is -2.28. The minimum Gasteiger partial charge on any atom is -0.768 e. The van der Waals surface area contributed by atoms with Gasteiger partial charge in [0.1, 0.15) is 18.4 Å². The van der Waals surface area contributed by atoms with Gasteiger partial charge in [-0.3, -0.25) is 9.00 Å². The standard InChI is InChI=1S/C19H21FN4O4S/c1-12-10-17(18(25)24(12)9-6-21)22-19(26)23-7-4-13(5-8-23)15-3-2-14(29(27)28)11-16(15)20/h2-4,11-12,17H,5,7-10H2,1H3,(H,22,26)(H,27,28)/p-1/t12?,17-/m0/s1. The summed E-state index contributed by atoms with van der Waals surface area (Å²) in [5.41, 5.74) is 1.01. The van der Waals surface area contributed by atoms with Gasteiger partial charge in [-0.1, -0.05) is 12.1 Å². The van der Waals surface area contributed by atoms with Crippen molar-refractivity contribution in [2.75, 3.05) is 19.6 Å². The molecular formula is C19H20FN4O4S-. The summed E-state index contributed by atoms with van der Waals surface area (Å²) >= 11 is -2.50. The molecule has 29 heavy (non-hydrogen) atoms. The Kier molecular flexibility index (Phi) is 6.30. The van der Waals surface area contributed by atoms with E-state index in [0.29, 0.717) is 30.5 Å². The summed E-state index contributed by atoms with van der Waals surface area (Å²) in [5, 5.41) is 11.5. The van der Waals surface area contributed by atoms with Gasteiger partial charge in [0.2, 0.25) is 5.91 Å². The zero-order valence-electron chi connectivity index (χ0n) is 15.8. The van der Waals surface area contributed by atoms with E-state index in [-0.39, 0.29) is 36.0 Å². The summed E-state index contributed by atoms with van der Waals surface area (Å²) in [4.78, 5) is 27.7. The third-order valence-corrected chi connectivity index (χ3v) is 5.84. The van der Waals surface area contributed by atoms with E-state index in [9.17, 15) is 22.7 Å². The molecule has 0 saturated carbocycles. The molecule has 2 aliphatic heterocycles. The highest BCUT2D eigenvalue weighted by molar-refractivity contribution is 7.79. The molecule has 154 valence electrons. The Bertz CT molecular complexity index is 929. The molecule has 1 aromatic carbocycles. The zero-order chi connectivity index (χ0) is 21.1. The number of carbonyl (C=O) groups is 2. The van der Waals surface area contributed by atoms with Gasteiger partial charge in [0.25, 0.3) is 0 Å². The predicted molar refractivity (Wildman–Crippen MR) is 101 cm³/mol. The van der Waals surface area contributed by atoms with Crippen LogP contribution in [0.25, 0.3) is 5.57 Å². The molecule has 1 saturated heterocycles. The lowest BCUT2D eigenvalue weighted by Crippen LogP contribution is -2.49. The van der Waals surface area contributed by atoms with E-state index in [2.05, 4.69) is 5.32 Å². The van der Waals surface area contributed by atoms with Crippen molar-refractivity contribution in [2.45, 2.75) is 36.7 Å². The Labute approximate surface area is 170 Å². The van der Waals surface area contributed by atoms with Crippen LogP contribution in [0.4, 0.5) is 9.18 Å². The summed E-state index contributed by atoms with van der Waals surface area (Å²) in [6.07, 6.45) is 2.57. The molecule has 1 N–H and O–H groups in total. The first-order valence-electron chi connectivity index (χ1n) is 9.13. The van der Waals surface area contributed by atoms with Crippen LogP contribution in [0.1, 0.15) is 25.3 Å². The first kappa shape index (κ1) is 21.0. The monoisotopic (exact) mass is 419 g/mol. The number of likely N-dealkylation sites (tertiary alicyclic amines) is 1. The van der Waals surface area contributed by atoms with Crippen molar-refractivity contribution in [3.05, 3.63) is 35.7 Å². The van der Waals surface area contributed by atoms with Crippen LogP contribution in [0.15, 0.2) is 29.2 Å². The maximum atomic E-state index is 14.2. The van der Waals surface area contributed by atoms with Crippen LogP contribution in [-0.2, 0) is 15.9 Å². The van der Waals surface area contributed by atoms with E-state index in [4.69, 9.17) is 5.26 Å². The molecule has 10 heteroatoms. The number of nitriles is 1. The van der Waals surface area contributed by atoms with E-state index in [0.717, 1.165) is 6.07 Å². The molecule has 2 unspecified atom stereocenters. The number of hydrogen-bond acceptors (Lipinski definition) is 5. The van der Waals surface area contributed by atoms with E-state index in [1.165, 1.54) is 21.9 Å². The van der Waals surface area contributed by atoms with Crippen LogP contribution in [0.3, 0.4) is 0 Å². The number of nitrogens with zero attached hydrogens (tertiary/aromatic N) is 3. The van der Waals surface area contributed by atoms with Crippen molar-refractivity contribution < 1.29 is 22.7 Å². The van der Waals surface area contributed by atoms with Crippen molar-refractivity contribution in [1.82, 2.24) is 15.1 Å². The zero-order valence-corrected chi connectivity index (χ0v) is 16.6. The second-order valence-electron chi connectivity index (χ2n) is 7.01. The summed E-state index contributed by atoms with van der Waals surface area (Å²) in [7, 11) is 0. The molecule has 3 amide bonds. The number of amides is 3. The first-order valence-corrected chi connectivity index (χ1v) is 10.2. The van der Waals surface area contributed by atoms with E-state index < -0.39 is 22.9 Å². The molecule has 0 aliphatic carbocycles. The fourth-order valence-corrected chi connectivity index (χ4v) is 3.99. The summed E-state index contributed by atoms with van der Waals surface area (Å²) in [6.45, 7) is 2.41. The van der Waals surface area contributed by atoms with Crippen LogP contribution < -0.4 is 5.32 Å². The van der Waals surface area contributed by atoms with Gasteiger partial charge in [-0.15, -0.1) is 0 Å². The fraction of sp³-hybridized carbons (Fsp3) is 0.421. The van der Waals surface area contributed by atoms with Crippen LogP contribution in [0, 0.1) is 17.1 Å². The number of benzene rings is 1. The van der Waals surface area contributed by atoms with E-state index >= 15 is 0 Å². The maximum absolute atomic E-state index is 14.2. The molecule has 0 aromatic heterocycles. The Morgan fingerprint density at radius 3 is 2.83 bits per heavy atom. The maximum Gasteiger partial charge on any atom is 0.318 e. The number of carbonyl (C=O) groups excluding carboxylic acids is 2. The second kappa shape index (κ2) is 8.71. The van der Waals surface area contributed by atoms with Gasteiger partial charge in [0.05, 0.1) is 6.07 Å². The third kappa shape index (κ3) is 4.46. The van der Waals surface area contributed by atoms with Crippen molar-refractivity contribution in [3.63, 3.8) is 0 Å². The number of hydrogen-bond donors (Lipinski definition) is 1. The van der Waals surface area contributed by atoms with Crippen LogP contribution in [0.5, 0.6) is 0 Å². The molecule has 3 atom stereocenters. The van der Waals surface area contributed by atoms with Gasteiger partial charge in [0, 0.05) is 29.6 Å². The van der Waals surface area contributed by atoms with Crippen molar-refractivity contribution in [1.29, 1.82) is 5.26 Å². The Hall–Kier alpha value is -2.77. The van der Waals surface area contributed by atoms with Crippen molar-refractivity contribution >= 4 is 28.6 Å². The Balaban J connectivity index is 1.62. The highest BCUT2D eigenvalue weighted by Gasteiger charge is 2.38. The smallest absolute Gasteiger partial charge is 0.318 e. The largest absolute Gasteiger partial charge is 0.768 e. The van der Waals surface area contributed by atoms with Crippen molar-refractivity contribution in [2.24, 2.45) is 0 Å². The third-order valence-electron chi connectivity index (χ3n) is 5.20. The van der Waals surface area contributed by atoms with Crippen LogP contribution in [-0.4, -0.2) is 62.2 Å². The lowest BCUT2D eigenvalue weighted by atomic mass is 9.99. The molecule has 0 radical (unpaired) electrons. The van der Waals surface area contributed by atoms with Gasteiger partial charge in [-0.2, -0.15) is 5.26 Å². The van der Waals surface area contributed by atoms with Crippen molar-refractivity contribution in [3.8, 4) is 6.07 Å². The highest BCUT2D eigenvalue weighted by Crippen LogP contribution is 2.26. The second-order valence-corrected chi connectivity index (χ2v) is 7.95. The molecule has 0 spiro atoms. The molecule has 1 fully saturated rings. The highest BCUT2D eigenvalue weighted by atomic mass is 32.2. The molecule has 8 nitrogen and oxygen atoms in total. The number of urea groups is 1. The molecule has 3 rings (SSSR count). The SMILES string of the molecule is CC1C[C@H](NC(=O)N2CC=C(c3ccc(S(=O)[O-])cc3F)CC2)C(=O)N1CC#N. The minimum atomic E-state index is -2.50. The quantitative estimate of drug-likeness (QED) is 0.584. The average Bonchev–Trinajstić information content (AvgIpc) is 2.95. The molecular weight excluding hydrogens is 399 g/mol. The number of rotatable bonds is 4. The predicted octanol–water partition coefficient (Wildman–Crippen LogP) is 1.38. The number of nitrogens with one attached hydrogen (secondary N) is 1. The van der Waals surface area contributed by atoms with Crippen LogP contribution >= 0.6 is 0 Å². The Morgan fingerprint density at radius 2 is 2.24 bits per heavy atom. The van der Waals surface area contributed by atoms with Gasteiger partial charge >= 0.3 is 6.03 Å². The van der Waals surface area contributed by atoms with Gasteiger partial charge < -0.3 is 19.7 Å². The normalized spacial score (nSPS) is 22.8. The topological polar surface area (TPSA) is 117 Å². The van der Waals surface area contributed by atoms with E-state index in [1.807, 2.05) is 13.0 Å². The lowest BCUT2D eigenvalue weighted by molar-refractivity contribution is -0.129. The molecule has 1 aromatic rings. The minimum absolute atomic E-state index is 0.00747. The molecule has 2 heterocycles.